The second-order valence-electron chi connectivity index (χ2n) is 8.38. The maximum Gasteiger partial charge on any atom is 0.254 e. The predicted molar refractivity (Wildman–Crippen MR) is 126 cm³/mol. The molecule has 0 saturated carbocycles. The molecule has 5 nitrogen and oxygen atoms in total. The van der Waals surface area contributed by atoms with Crippen LogP contribution in [-0.4, -0.2) is 38.1 Å². The topological polar surface area (TPSA) is 42.0 Å². The highest BCUT2D eigenvalue weighted by Crippen LogP contribution is 2.41. The van der Waals surface area contributed by atoms with E-state index in [1.165, 1.54) is 29.7 Å². The number of nitrogens with zero attached hydrogens (tertiary/aromatic N) is 2. The Kier molecular flexibility index (Phi) is 5.48. The molecule has 1 saturated heterocycles. The molecule has 164 valence electrons. The fourth-order valence-corrected chi connectivity index (χ4v) is 4.90. The van der Waals surface area contributed by atoms with Gasteiger partial charge in [-0.2, -0.15) is 0 Å². The van der Waals surface area contributed by atoms with E-state index in [9.17, 15) is 4.79 Å². The van der Waals surface area contributed by atoms with E-state index in [4.69, 9.17) is 9.47 Å². The van der Waals surface area contributed by atoms with E-state index in [2.05, 4.69) is 35.2 Å². The van der Waals surface area contributed by atoms with Gasteiger partial charge in [0.25, 0.3) is 5.91 Å². The Morgan fingerprint density at radius 2 is 1.69 bits per heavy atom. The first kappa shape index (κ1) is 20.4. The minimum Gasteiger partial charge on any atom is -0.497 e. The van der Waals surface area contributed by atoms with Crippen LogP contribution in [0.25, 0.3) is 11.1 Å². The van der Waals surface area contributed by atoms with Crippen molar-refractivity contribution < 1.29 is 14.3 Å². The quantitative estimate of drug-likeness (QED) is 0.546. The molecule has 5 rings (SSSR count). The molecule has 1 fully saturated rings. The number of amides is 1. The molecule has 3 aromatic rings. The van der Waals surface area contributed by atoms with Gasteiger partial charge in [-0.25, -0.2) is 0 Å². The van der Waals surface area contributed by atoms with Crippen molar-refractivity contribution in [3.05, 3.63) is 77.4 Å². The maximum atomic E-state index is 13.4. The number of anilines is 1. The normalized spacial score (nSPS) is 15.2. The van der Waals surface area contributed by atoms with Crippen LogP contribution in [0.2, 0.25) is 0 Å². The lowest BCUT2D eigenvalue weighted by atomic mass is 9.94. The average molecular weight is 429 g/mol. The number of hydrogen-bond acceptors (Lipinski definition) is 4. The Labute approximate surface area is 189 Å². The zero-order valence-electron chi connectivity index (χ0n) is 18.6. The van der Waals surface area contributed by atoms with Gasteiger partial charge in [0.1, 0.15) is 11.5 Å². The maximum absolute atomic E-state index is 13.4. The van der Waals surface area contributed by atoms with Gasteiger partial charge in [0.2, 0.25) is 0 Å². The van der Waals surface area contributed by atoms with Crippen molar-refractivity contribution in [1.82, 2.24) is 4.90 Å². The molecule has 5 heteroatoms. The number of carbonyl (C=O) groups is 1. The molecule has 0 unspecified atom stereocenters. The van der Waals surface area contributed by atoms with E-state index in [1.54, 1.807) is 14.2 Å². The highest BCUT2D eigenvalue weighted by Gasteiger charge is 2.32. The van der Waals surface area contributed by atoms with Gasteiger partial charge < -0.3 is 19.3 Å². The standard InChI is InChI=1S/C27H28N2O3/c1-31-21-11-10-20(25(16-21)32-2)17-29-18-23-22(27(29)30)12-13-24(28-14-6-7-15-28)26(23)19-8-4-3-5-9-19/h3-5,8-13,16H,6-7,14-15,17-18H2,1-2H3. The molecule has 0 spiro atoms. The molecule has 0 radical (unpaired) electrons. The van der Waals surface area contributed by atoms with Crippen LogP contribution in [0.4, 0.5) is 5.69 Å². The molecule has 0 aliphatic carbocycles. The van der Waals surface area contributed by atoms with Crippen LogP contribution in [0.3, 0.4) is 0 Å². The Hall–Kier alpha value is -3.47. The Balaban J connectivity index is 1.53. The summed E-state index contributed by atoms with van der Waals surface area (Å²) in [6.07, 6.45) is 2.43. The number of fused-ring (bicyclic) bond motifs is 1. The first-order chi connectivity index (χ1) is 15.7. The fourth-order valence-electron chi connectivity index (χ4n) is 4.90. The van der Waals surface area contributed by atoms with Gasteiger partial charge in [-0.3, -0.25) is 4.79 Å². The van der Waals surface area contributed by atoms with Gasteiger partial charge in [0.05, 0.1) is 14.2 Å². The molecule has 0 aromatic heterocycles. The van der Waals surface area contributed by atoms with Gasteiger partial charge in [-0.05, 0) is 48.2 Å². The summed E-state index contributed by atoms with van der Waals surface area (Å²) < 4.78 is 10.9. The van der Waals surface area contributed by atoms with Crippen molar-refractivity contribution in [2.75, 3.05) is 32.2 Å². The molecule has 32 heavy (non-hydrogen) atoms. The van der Waals surface area contributed by atoms with Gasteiger partial charge in [-0.15, -0.1) is 0 Å². The summed E-state index contributed by atoms with van der Waals surface area (Å²) >= 11 is 0. The second kappa shape index (κ2) is 8.58. The van der Waals surface area contributed by atoms with E-state index in [1.807, 2.05) is 35.2 Å². The van der Waals surface area contributed by atoms with Crippen LogP contribution < -0.4 is 14.4 Å². The molecule has 3 aromatic carbocycles. The number of carbonyl (C=O) groups excluding carboxylic acids is 1. The number of ether oxygens (including phenoxy) is 2. The smallest absolute Gasteiger partial charge is 0.254 e. The molecule has 2 aliphatic heterocycles. The predicted octanol–water partition coefficient (Wildman–Crippen LogP) is 5.13. The van der Waals surface area contributed by atoms with E-state index in [-0.39, 0.29) is 5.91 Å². The monoisotopic (exact) mass is 428 g/mol. The molecular formula is C27H28N2O3. The molecule has 2 heterocycles. The molecule has 0 N–H and O–H groups in total. The molecule has 2 aliphatic rings. The van der Waals surface area contributed by atoms with Gasteiger partial charge >= 0.3 is 0 Å². The summed E-state index contributed by atoms with van der Waals surface area (Å²) in [5.41, 5.74) is 6.50. The summed E-state index contributed by atoms with van der Waals surface area (Å²) in [7, 11) is 3.28. The second-order valence-corrected chi connectivity index (χ2v) is 8.38. The average Bonchev–Trinajstić information content (AvgIpc) is 3.48. The number of hydrogen-bond donors (Lipinski definition) is 0. The minimum atomic E-state index is 0.0722. The minimum absolute atomic E-state index is 0.0722. The van der Waals surface area contributed by atoms with Crippen molar-refractivity contribution >= 4 is 11.6 Å². The number of methoxy groups -OCH3 is 2. The van der Waals surface area contributed by atoms with Crippen LogP contribution in [0.1, 0.15) is 34.3 Å². The number of rotatable bonds is 6. The van der Waals surface area contributed by atoms with Crippen LogP contribution in [0.5, 0.6) is 11.5 Å². The summed E-state index contributed by atoms with van der Waals surface area (Å²) in [5, 5.41) is 0. The van der Waals surface area contributed by atoms with Gasteiger partial charge in [-0.1, -0.05) is 30.3 Å². The Morgan fingerprint density at radius 3 is 2.41 bits per heavy atom. The Morgan fingerprint density at radius 1 is 0.906 bits per heavy atom. The zero-order chi connectivity index (χ0) is 22.1. The van der Waals surface area contributed by atoms with Crippen molar-refractivity contribution in [3.63, 3.8) is 0 Å². The van der Waals surface area contributed by atoms with Crippen molar-refractivity contribution in [2.45, 2.75) is 25.9 Å². The third-order valence-corrected chi connectivity index (χ3v) is 6.52. The van der Waals surface area contributed by atoms with Crippen LogP contribution in [-0.2, 0) is 13.1 Å². The van der Waals surface area contributed by atoms with Crippen LogP contribution in [0.15, 0.2) is 60.7 Å². The first-order valence-corrected chi connectivity index (χ1v) is 11.2. The van der Waals surface area contributed by atoms with Crippen LogP contribution >= 0.6 is 0 Å². The lowest BCUT2D eigenvalue weighted by Crippen LogP contribution is -2.23. The summed E-state index contributed by atoms with van der Waals surface area (Å²) in [6.45, 7) is 3.22. The summed E-state index contributed by atoms with van der Waals surface area (Å²) in [6, 6.07) is 20.4. The van der Waals surface area contributed by atoms with Crippen molar-refractivity contribution in [2.24, 2.45) is 0 Å². The summed E-state index contributed by atoms with van der Waals surface area (Å²) in [4.78, 5) is 17.8. The molecular weight excluding hydrogens is 400 g/mol. The molecule has 0 bridgehead atoms. The molecule has 1 amide bonds. The highest BCUT2D eigenvalue weighted by molar-refractivity contribution is 6.02. The van der Waals surface area contributed by atoms with E-state index >= 15 is 0 Å². The van der Waals surface area contributed by atoms with Crippen LogP contribution in [0, 0.1) is 0 Å². The van der Waals surface area contributed by atoms with E-state index in [0.29, 0.717) is 13.1 Å². The largest absolute Gasteiger partial charge is 0.497 e. The van der Waals surface area contributed by atoms with Gasteiger partial charge in [0.15, 0.2) is 0 Å². The molecule has 0 atom stereocenters. The Bertz CT molecular complexity index is 1140. The third kappa shape index (κ3) is 3.58. The van der Waals surface area contributed by atoms with Crippen molar-refractivity contribution in [1.29, 1.82) is 0 Å². The lowest BCUT2D eigenvalue weighted by Gasteiger charge is -2.24. The van der Waals surface area contributed by atoms with E-state index < -0.39 is 0 Å². The lowest BCUT2D eigenvalue weighted by molar-refractivity contribution is 0.0765. The van der Waals surface area contributed by atoms with Gasteiger partial charge in [0, 0.05) is 54.6 Å². The SMILES string of the molecule is COc1ccc(CN2Cc3c(ccc(N4CCCC4)c3-c3ccccc3)C2=O)c(OC)c1. The zero-order valence-corrected chi connectivity index (χ0v) is 18.6. The first-order valence-electron chi connectivity index (χ1n) is 11.2. The number of benzene rings is 3. The third-order valence-electron chi connectivity index (χ3n) is 6.52. The highest BCUT2D eigenvalue weighted by atomic mass is 16.5. The van der Waals surface area contributed by atoms with E-state index in [0.717, 1.165) is 41.3 Å². The summed E-state index contributed by atoms with van der Waals surface area (Å²) in [5.74, 6) is 1.54. The van der Waals surface area contributed by atoms with Crippen molar-refractivity contribution in [3.8, 4) is 22.6 Å². The fraction of sp³-hybridized carbons (Fsp3) is 0.296.